The van der Waals surface area contributed by atoms with E-state index in [9.17, 15) is 9.59 Å². The van der Waals surface area contributed by atoms with Crippen LogP contribution in [0.5, 0.6) is 0 Å². The third-order valence-electron chi connectivity index (χ3n) is 3.39. The summed E-state index contributed by atoms with van der Waals surface area (Å²) in [6.07, 6.45) is 3.75. The molecule has 0 spiro atoms. The van der Waals surface area contributed by atoms with Gasteiger partial charge in [-0.15, -0.1) is 0 Å². The van der Waals surface area contributed by atoms with Crippen molar-refractivity contribution in [1.82, 2.24) is 10.3 Å². The second-order valence-corrected chi connectivity index (χ2v) is 6.24. The molecule has 2 rings (SSSR count). The molecular formula is C18H20ClN3O2. The minimum Gasteiger partial charge on any atom is -0.352 e. The maximum Gasteiger partial charge on any atom is 0.257 e. The summed E-state index contributed by atoms with van der Waals surface area (Å²) in [7, 11) is 0. The SMILES string of the molecule is CC(C)CCNC(=O)c1cncc(C(=O)Nc2ccccc2Cl)c1. The number of aromatic nitrogens is 1. The van der Waals surface area contributed by atoms with E-state index in [1.54, 1.807) is 24.3 Å². The average Bonchev–Trinajstić information content (AvgIpc) is 2.56. The third kappa shape index (κ3) is 5.06. The molecule has 6 heteroatoms. The van der Waals surface area contributed by atoms with Crippen LogP contribution in [0, 0.1) is 5.92 Å². The van der Waals surface area contributed by atoms with Crippen molar-refractivity contribution in [3.63, 3.8) is 0 Å². The quantitative estimate of drug-likeness (QED) is 0.837. The Hall–Kier alpha value is -2.40. The fourth-order valence-electron chi connectivity index (χ4n) is 2.02. The van der Waals surface area contributed by atoms with Gasteiger partial charge in [0, 0.05) is 18.9 Å². The topological polar surface area (TPSA) is 71.1 Å². The van der Waals surface area contributed by atoms with Gasteiger partial charge >= 0.3 is 0 Å². The van der Waals surface area contributed by atoms with Crippen molar-refractivity contribution >= 4 is 29.1 Å². The Morgan fingerprint density at radius 3 is 2.46 bits per heavy atom. The van der Waals surface area contributed by atoms with Crippen LogP contribution in [-0.4, -0.2) is 23.3 Å². The monoisotopic (exact) mass is 345 g/mol. The first-order chi connectivity index (χ1) is 11.5. The van der Waals surface area contributed by atoms with E-state index in [1.165, 1.54) is 18.5 Å². The molecule has 1 aromatic carbocycles. The predicted octanol–water partition coefficient (Wildman–Crippen LogP) is 3.76. The normalized spacial score (nSPS) is 10.5. The van der Waals surface area contributed by atoms with Crippen LogP contribution >= 0.6 is 11.6 Å². The van der Waals surface area contributed by atoms with Crippen LogP contribution in [0.4, 0.5) is 5.69 Å². The fourth-order valence-corrected chi connectivity index (χ4v) is 2.20. The number of carbonyl (C=O) groups excluding carboxylic acids is 2. The van der Waals surface area contributed by atoms with Crippen LogP contribution in [-0.2, 0) is 0 Å². The summed E-state index contributed by atoms with van der Waals surface area (Å²) < 4.78 is 0. The standard InChI is InChI=1S/C18H20ClN3O2/c1-12(2)7-8-21-17(23)13-9-14(11-20-10-13)18(24)22-16-6-4-3-5-15(16)19/h3-6,9-12H,7-8H2,1-2H3,(H,21,23)(H,22,24). The number of nitrogens with one attached hydrogen (secondary N) is 2. The molecule has 0 aliphatic rings. The average molecular weight is 346 g/mol. The number of amides is 2. The maximum atomic E-state index is 12.3. The Morgan fingerprint density at radius 2 is 1.79 bits per heavy atom. The number of pyridine rings is 1. The molecule has 2 N–H and O–H groups in total. The highest BCUT2D eigenvalue weighted by Crippen LogP contribution is 2.21. The molecule has 126 valence electrons. The van der Waals surface area contributed by atoms with Crippen LogP contribution in [0.15, 0.2) is 42.7 Å². The van der Waals surface area contributed by atoms with Crippen molar-refractivity contribution in [3.05, 3.63) is 58.9 Å². The van der Waals surface area contributed by atoms with E-state index in [0.717, 1.165) is 6.42 Å². The summed E-state index contributed by atoms with van der Waals surface area (Å²) in [5.41, 5.74) is 1.16. The third-order valence-corrected chi connectivity index (χ3v) is 3.72. The van der Waals surface area contributed by atoms with Gasteiger partial charge < -0.3 is 10.6 Å². The first-order valence-corrected chi connectivity index (χ1v) is 8.14. The van der Waals surface area contributed by atoms with Crippen LogP contribution < -0.4 is 10.6 Å². The smallest absolute Gasteiger partial charge is 0.257 e. The van der Waals surface area contributed by atoms with Crippen molar-refractivity contribution in [2.45, 2.75) is 20.3 Å². The highest BCUT2D eigenvalue weighted by Gasteiger charge is 2.12. The van der Waals surface area contributed by atoms with Crippen molar-refractivity contribution in [2.75, 3.05) is 11.9 Å². The molecule has 0 aliphatic carbocycles. The highest BCUT2D eigenvalue weighted by molar-refractivity contribution is 6.33. The lowest BCUT2D eigenvalue weighted by atomic mass is 10.1. The summed E-state index contributed by atoms with van der Waals surface area (Å²) in [5, 5.41) is 5.98. The summed E-state index contributed by atoms with van der Waals surface area (Å²) >= 11 is 6.03. The summed E-state index contributed by atoms with van der Waals surface area (Å²) in [6, 6.07) is 8.47. The molecule has 1 heterocycles. The molecule has 5 nitrogen and oxygen atoms in total. The minimum atomic E-state index is -0.368. The molecule has 2 aromatic rings. The number of hydrogen-bond donors (Lipinski definition) is 2. The van der Waals surface area contributed by atoms with Crippen molar-refractivity contribution in [3.8, 4) is 0 Å². The molecule has 0 saturated heterocycles. The molecule has 0 saturated carbocycles. The second kappa shape index (κ2) is 8.45. The van der Waals surface area contributed by atoms with Gasteiger partial charge in [0.25, 0.3) is 11.8 Å². The van der Waals surface area contributed by atoms with E-state index in [-0.39, 0.29) is 11.8 Å². The Balaban J connectivity index is 2.05. The van der Waals surface area contributed by atoms with Gasteiger partial charge in [-0.1, -0.05) is 37.6 Å². The molecule has 0 unspecified atom stereocenters. The Kier molecular flexibility index (Phi) is 6.32. The number of para-hydroxylation sites is 1. The van der Waals surface area contributed by atoms with Crippen LogP contribution in [0.1, 0.15) is 41.0 Å². The summed E-state index contributed by atoms with van der Waals surface area (Å²) in [5.74, 6) is -0.0980. The molecule has 2 amide bonds. The number of anilines is 1. The largest absolute Gasteiger partial charge is 0.352 e. The van der Waals surface area contributed by atoms with E-state index < -0.39 is 0 Å². The number of halogens is 1. The Labute approximate surface area is 146 Å². The van der Waals surface area contributed by atoms with Gasteiger partial charge in [0.15, 0.2) is 0 Å². The summed E-state index contributed by atoms with van der Waals surface area (Å²) in [4.78, 5) is 28.4. The first-order valence-electron chi connectivity index (χ1n) is 7.76. The zero-order chi connectivity index (χ0) is 17.5. The fraction of sp³-hybridized carbons (Fsp3) is 0.278. The van der Waals surface area contributed by atoms with Crippen molar-refractivity contribution in [1.29, 1.82) is 0 Å². The van der Waals surface area contributed by atoms with Crippen LogP contribution in [0.3, 0.4) is 0 Å². The van der Waals surface area contributed by atoms with Gasteiger partial charge in [0.05, 0.1) is 21.8 Å². The number of benzene rings is 1. The minimum absolute atomic E-state index is 0.240. The molecule has 24 heavy (non-hydrogen) atoms. The number of carbonyl (C=O) groups is 2. The van der Waals surface area contributed by atoms with Crippen LogP contribution in [0.2, 0.25) is 5.02 Å². The van der Waals surface area contributed by atoms with Gasteiger partial charge in [0.1, 0.15) is 0 Å². The molecule has 0 radical (unpaired) electrons. The second-order valence-electron chi connectivity index (χ2n) is 5.83. The van der Waals surface area contributed by atoms with E-state index >= 15 is 0 Å². The number of rotatable bonds is 6. The van der Waals surface area contributed by atoms with E-state index in [1.807, 2.05) is 0 Å². The predicted molar refractivity (Wildman–Crippen MR) is 95.4 cm³/mol. The van der Waals surface area contributed by atoms with Gasteiger partial charge in [-0.2, -0.15) is 0 Å². The van der Waals surface area contributed by atoms with Gasteiger partial charge in [0.2, 0.25) is 0 Å². The summed E-state index contributed by atoms with van der Waals surface area (Å²) in [6.45, 7) is 4.77. The zero-order valence-corrected chi connectivity index (χ0v) is 14.4. The van der Waals surface area contributed by atoms with Gasteiger partial charge in [-0.3, -0.25) is 14.6 Å². The van der Waals surface area contributed by atoms with Gasteiger partial charge in [-0.25, -0.2) is 0 Å². The van der Waals surface area contributed by atoms with E-state index in [2.05, 4.69) is 29.5 Å². The van der Waals surface area contributed by atoms with Crippen molar-refractivity contribution < 1.29 is 9.59 Å². The molecule has 0 aliphatic heterocycles. The van der Waals surface area contributed by atoms with E-state index in [0.29, 0.717) is 34.3 Å². The molecule has 0 fully saturated rings. The lowest BCUT2D eigenvalue weighted by molar-refractivity contribution is 0.0951. The highest BCUT2D eigenvalue weighted by atomic mass is 35.5. The molecule has 0 atom stereocenters. The lowest BCUT2D eigenvalue weighted by Crippen LogP contribution is -2.26. The van der Waals surface area contributed by atoms with Crippen LogP contribution in [0.25, 0.3) is 0 Å². The Bertz CT molecular complexity index is 732. The lowest BCUT2D eigenvalue weighted by Gasteiger charge is -2.09. The van der Waals surface area contributed by atoms with E-state index in [4.69, 9.17) is 11.6 Å². The molecule has 1 aromatic heterocycles. The number of hydrogen-bond acceptors (Lipinski definition) is 3. The number of nitrogens with zero attached hydrogens (tertiary/aromatic N) is 1. The molecular weight excluding hydrogens is 326 g/mol. The zero-order valence-electron chi connectivity index (χ0n) is 13.7. The Morgan fingerprint density at radius 1 is 1.12 bits per heavy atom. The maximum absolute atomic E-state index is 12.3. The van der Waals surface area contributed by atoms with Gasteiger partial charge in [-0.05, 0) is 30.5 Å². The first kappa shape index (κ1) is 17.9. The molecule has 0 bridgehead atoms. The van der Waals surface area contributed by atoms with Crippen molar-refractivity contribution in [2.24, 2.45) is 5.92 Å².